The van der Waals surface area contributed by atoms with Crippen molar-refractivity contribution in [1.82, 2.24) is 20.1 Å². The van der Waals surface area contributed by atoms with E-state index in [0.717, 1.165) is 17.8 Å². The first-order valence-electron chi connectivity index (χ1n) is 5.97. The van der Waals surface area contributed by atoms with Crippen LogP contribution in [-0.4, -0.2) is 21.8 Å². The molecule has 0 radical (unpaired) electrons. The summed E-state index contributed by atoms with van der Waals surface area (Å²) in [7, 11) is 3.08. The fraction of sp³-hybridized carbons (Fsp3) is 0.333. The van der Waals surface area contributed by atoms with Crippen molar-refractivity contribution in [2.75, 3.05) is 7.05 Å². The Morgan fingerprint density at radius 3 is 2.67 bits per heavy atom. The summed E-state index contributed by atoms with van der Waals surface area (Å²) in [6, 6.07) is 4.06. The molecule has 2 aromatic rings. The van der Waals surface area contributed by atoms with Gasteiger partial charge in [0.2, 0.25) is 0 Å². The van der Waals surface area contributed by atoms with Crippen molar-refractivity contribution >= 4 is 11.8 Å². The number of halogens is 3. The number of hydrogen-bond acceptors (Lipinski definition) is 4. The maximum Gasteiger partial charge on any atom is 0.416 e. The number of H-pyrrole nitrogens is 1. The molecule has 0 aliphatic rings. The number of hydrogen-bond donors (Lipinski definition) is 2. The first-order valence-corrected chi connectivity index (χ1v) is 6.78. The minimum absolute atomic E-state index is 0.126. The minimum atomic E-state index is -4.43. The second-order valence-corrected chi connectivity index (χ2v) is 5.36. The molecule has 2 N–H and O–H groups in total. The van der Waals surface area contributed by atoms with E-state index in [-0.39, 0.29) is 12.1 Å². The summed E-state index contributed by atoms with van der Waals surface area (Å²) >= 11 is 0.992. The average Bonchev–Trinajstić information content (AvgIpc) is 2.71. The van der Waals surface area contributed by atoms with E-state index in [0.29, 0.717) is 10.1 Å². The normalized spacial score (nSPS) is 11.9. The number of aromatic nitrogens is 3. The number of alkyl halides is 3. The highest BCUT2D eigenvalue weighted by atomic mass is 32.2. The Labute approximate surface area is 122 Å². The van der Waals surface area contributed by atoms with Crippen LogP contribution in [0, 0.1) is 0 Å². The first-order chi connectivity index (χ1) is 9.82. The van der Waals surface area contributed by atoms with E-state index in [9.17, 15) is 18.0 Å². The maximum atomic E-state index is 13.1. The number of nitrogens with one attached hydrogen (secondary N) is 2. The van der Waals surface area contributed by atoms with Crippen molar-refractivity contribution in [1.29, 1.82) is 0 Å². The van der Waals surface area contributed by atoms with Gasteiger partial charge in [0.05, 0.1) is 5.56 Å². The third-order valence-corrected chi connectivity index (χ3v) is 3.84. The molecule has 0 aliphatic carbocycles. The Hall–Kier alpha value is -1.74. The molecular weight excluding hydrogens is 305 g/mol. The molecule has 9 heteroatoms. The van der Waals surface area contributed by atoms with Crippen molar-refractivity contribution in [3.63, 3.8) is 0 Å². The minimum Gasteiger partial charge on any atom is -0.316 e. The largest absolute Gasteiger partial charge is 0.416 e. The van der Waals surface area contributed by atoms with Gasteiger partial charge in [0.1, 0.15) is 0 Å². The predicted molar refractivity (Wildman–Crippen MR) is 72.2 cm³/mol. The van der Waals surface area contributed by atoms with Gasteiger partial charge < -0.3 is 5.32 Å². The molecule has 21 heavy (non-hydrogen) atoms. The first kappa shape index (κ1) is 15.6. The van der Waals surface area contributed by atoms with Gasteiger partial charge in [-0.15, -0.1) is 5.10 Å². The van der Waals surface area contributed by atoms with Crippen LogP contribution >= 0.6 is 11.8 Å². The van der Waals surface area contributed by atoms with E-state index >= 15 is 0 Å². The van der Waals surface area contributed by atoms with E-state index < -0.39 is 17.4 Å². The van der Waals surface area contributed by atoms with Crippen molar-refractivity contribution < 1.29 is 13.2 Å². The highest BCUT2D eigenvalue weighted by Crippen LogP contribution is 2.36. The lowest BCUT2D eigenvalue weighted by atomic mass is 10.1. The fourth-order valence-electron chi connectivity index (χ4n) is 1.76. The molecule has 114 valence electrons. The molecule has 0 fully saturated rings. The Balaban J connectivity index is 2.38. The van der Waals surface area contributed by atoms with Crippen LogP contribution < -0.4 is 11.0 Å². The van der Waals surface area contributed by atoms with Crippen LogP contribution in [0.1, 0.15) is 11.1 Å². The molecule has 1 aromatic carbocycles. The predicted octanol–water partition coefficient (Wildman–Crippen LogP) is 2.00. The van der Waals surface area contributed by atoms with E-state index in [2.05, 4.69) is 15.5 Å². The molecule has 0 atom stereocenters. The van der Waals surface area contributed by atoms with Gasteiger partial charge in [-0.05, 0) is 36.5 Å². The summed E-state index contributed by atoms with van der Waals surface area (Å²) in [4.78, 5) is 11.6. The molecule has 0 spiro atoms. The molecule has 0 unspecified atom stereocenters. The zero-order chi connectivity index (χ0) is 15.6. The monoisotopic (exact) mass is 318 g/mol. The third-order valence-electron chi connectivity index (χ3n) is 2.80. The Bertz CT molecular complexity index is 693. The Morgan fingerprint density at radius 1 is 1.43 bits per heavy atom. The molecule has 0 saturated carbocycles. The van der Waals surface area contributed by atoms with Crippen molar-refractivity contribution in [2.24, 2.45) is 7.05 Å². The highest BCUT2D eigenvalue weighted by molar-refractivity contribution is 7.99. The van der Waals surface area contributed by atoms with Gasteiger partial charge in [0.15, 0.2) is 5.16 Å². The second-order valence-electron chi connectivity index (χ2n) is 4.32. The molecule has 1 heterocycles. The second kappa shape index (κ2) is 5.94. The van der Waals surface area contributed by atoms with E-state index in [4.69, 9.17) is 0 Å². The lowest BCUT2D eigenvalue weighted by Gasteiger charge is -2.14. The van der Waals surface area contributed by atoms with Gasteiger partial charge in [-0.3, -0.25) is 4.57 Å². The van der Waals surface area contributed by atoms with Crippen molar-refractivity contribution in [2.45, 2.75) is 22.8 Å². The quantitative estimate of drug-likeness (QED) is 0.905. The lowest BCUT2D eigenvalue weighted by molar-refractivity contribution is -0.138. The van der Waals surface area contributed by atoms with Crippen LogP contribution in [0.15, 0.2) is 33.0 Å². The van der Waals surface area contributed by atoms with Crippen LogP contribution in [0.4, 0.5) is 13.2 Å². The van der Waals surface area contributed by atoms with Gasteiger partial charge in [-0.25, -0.2) is 9.89 Å². The summed E-state index contributed by atoms with van der Waals surface area (Å²) in [5, 5.41) is 9.00. The van der Waals surface area contributed by atoms with Crippen LogP contribution in [0.2, 0.25) is 0 Å². The highest BCUT2D eigenvalue weighted by Gasteiger charge is 2.33. The number of aromatic amines is 1. The smallest absolute Gasteiger partial charge is 0.316 e. The Morgan fingerprint density at radius 2 is 2.14 bits per heavy atom. The van der Waals surface area contributed by atoms with E-state index in [1.165, 1.54) is 17.7 Å². The fourth-order valence-corrected chi connectivity index (χ4v) is 2.59. The van der Waals surface area contributed by atoms with Gasteiger partial charge in [-0.1, -0.05) is 6.07 Å². The summed E-state index contributed by atoms with van der Waals surface area (Å²) in [5.41, 5.74) is -0.937. The van der Waals surface area contributed by atoms with Crippen molar-refractivity contribution in [3.8, 4) is 0 Å². The molecule has 0 bridgehead atoms. The summed E-state index contributed by atoms with van der Waals surface area (Å²) in [6.07, 6.45) is -4.43. The molecule has 1 aromatic heterocycles. The summed E-state index contributed by atoms with van der Waals surface area (Å²) < 4.78 is 40.4. The third kappa shape index (κ3) is 3.48. The zero-order valence-corrected chi connectivity index (χ0v) is 12.1. The number of nitrogens with zero attached hydrogens (tertiary/aromatic N) is 2. The SMILES string of the molecule is CNCc1ccc(Sc2n[nH]c(=O)n2C)cc1C(F)(F)F. The standard InChI is InChI=1S/C12H13F3N4OS/c1-16-6-7-3-4-8(5-9(7)12(13,14)15)21-11-18-17-10(20)19(11)2/h3-5,16H,6H2,1-2H3,(H,17,20). The molecule has 5 nitrogen and oxygen atoms in total. The van der Waals surface area contributed by atoms with Crippen LogP contribution in [0.25, 0.3) is 0 Å². The van der Waals surface area contributed by atoms with Crippen molar-refractivity contribution in [3.05, 3.63) is 39.8 Å². The Kier molecular flexibility index (Phi) is 4.43. The van der Waals surface area contributed by atoms with Gasteiger partial charge in [-0.2, -0.15) is 13.2 Å². The van der Waals surface area contributed by atoms with E-state index in [1.54, 1.807) is 13.1 Å². The molecule has 2 rings (SSSR count). The van der Waals surface area contributed by atoms with Gasteiger partial charge in [0.25, 0.3) is 0 Å². The zero-order valence-electron chi connectivity index (χ0n) is 11.3. The molecular formula is C12H13F3N4OS. The van der Waals surface area contributed by atoms with Gasteiger partial charge >= 0.3 is 11.9 Å². The molecule has 0 amide bonds. The number of benzene rings is 1. The van der Waals surface area contributed by atoms with Crippen LogP contribution in [0.3, 0.4) is 0 Å². The van der Waals surface area contributed by atoms with Crippen LogP contribution in [0.5, 0.6) is 0 Å². The summed E-state index contributed by atoms with van der Waals surface area (Å²) in [6.45, 7) is 0.126. The van der Waals surface area contributed by atoms with E-state index in [1.807, 2.05) is 0 Å². The molecule has 0 saturated heterocycles. The van der Waals surface area contributed by atoms with Gasteiger partial charge in [0, 0.05) is 18.5 Å². The average molecular weight is 318 g/mol. The molecule has 0 aliphatic heterocycles. The van der Waals surface area contributed by atoms with Crippen LogP contribution in [-0.2, 0) is 19.8 Å². The summed E-state index contributed by atoms with van der Waals surface area (Å²) in [5.74, 6) is 0. The topological polar surface area (TPSA) is 62.7 Å². The lowest BCUT2D eigenvalue weighted by Crippen LogP contribution is -2.14. The maximum absolute atomic E-state index is 13.1. The number of rotatable bonds is 4.